The second kappa shape index (κ2) is 7.10. The van der Waals surface area contributed by atoms with Crippen molar-refractivity contribution in [3.05, 3.63) is 70.4 Å². The van der Waals surface area contributed by atoms with E-state index < -0.39 is 0 Å². The summed E-state index contributed by atoms with van der Waals surface area (Å²) in [5, 5.41) is 0. The maximum absolute atomic E-state index is 13.2. The minimum Gasteiger partial charge on any atom is -0.491 e. The molecule has 6 nitrogen and oxygen atoms in total. The number of H-pyrrole nitrogens is 1. The molecule has 2 aromatic heterocycles. The molecule has 0 aliphatic heterocycles. The van der Waals surface area contributed by atoms with Crippen molar-refractivity contribution in [1.82, 2.24) is 9.97 Å². The molecule has 124 valence electrons. The van der Waals surface area contributed by atoms with Crippen LogP contribution < -0.4 is 10.2 Å². The summed E-state index contributed by atoms with van der Waals surface area (Å²) in [5.74, 6) is 0.729. The first-order chi connectivity index (χ1) is 11.7. The van der Waals surface area contributed by atoms with E-state index in [1.165, 1.54) is 37.7 Å². The number of methoxy groups -OCH3 is 1. The quantitative estimate of drug-likeness (QED) is 0.752. The average molecular weight is 330 g/mol. The molecule has 1 N–H and O–H groups in total. The van der Waals surface area contributed by atoms with Crippen LogP contribution in [-0.4, -0.2) is 17.1 Å². The van der Waals surface area contributed by atoms with Crippen LogP contribution in [0, 0.1) is 5.82 Å². The molecule has 0 atom stereocenters. The third kappa shape index (κ3) is 3.69. The Labute approximate surface area is 136 Å². The van der Waals surface area contributed by atoms with Crippen LogP contribution in [0.4, 0.5) is 4.39 Å². The number of hydrogen-bond acceptors (Lipinski definition) is 5. The Hall–Kier alpha value is -2.93. The highest BCUT2D eigenvalue weighted by Gasteiger charge is 2.08. The third-order valence-electron chi connectivity index (χ3n) is 3.30. The van der Waals surface area contributed by atoms with Gasteiger partial charge in [-0.3, -0.25) is 4.79 Å². The van der Waals surface area contributed by atoms with Crippen LogP contribution in [0.1, 0.15) is 11.6 Å². The number of nitrogens with one attached hydrogen (secondary N) is 1. The van der Waals surface area contributed by atoms with Crippen LogP contribution in [0.2, 0.25) is 0 Å². The molecule has 2 heterocycles. The summed E-state index contributed by atoms with van der Waals surface area (Å²) in [6.45, 7) is 0.320. The molecule has 0 fully saturated rings. The Kier molecular flexibility index (Phi) is 4.72. The lowest BCUT2D eigenvalue weighted by Gasteiger charge is -2.03. The summed E-state index contributed by atoms with van der Waals surface area (Å²) in [5.41, 5.74) is 0.991. The summed E-state index contributed by atoms with van der Waals surface area (Å²) in [6, 6.07) is 7.47. The van der Waals surface area contributed by atoms with E-state index >= 15 is 0 Å². The zero-order valence-corrected chi connectivity index (χ0v) is 12.9. The Bertz CT molecular complexity index is 888. The van der Waals surface area contributed by atoms with Gasteiger partial charge in [0.1, 0.15) is 12.4 Å². The Morgan fingerprint density at radius 2 is 2.17 bits per heavy atom. The lowest BCUT2D eigenvalue weighted by atomic mass is 10.2. The first-order valence-corrected chi connectivity index (χ1v) is 7.19. The molecule has 0 aliphatic rings. The van der Waals surface area contributed by atoms with Gasteiger partial charge in [0.15, 0.2) is 11.5 Å². The van der Waals surface area contributed by atoms with Gasteiger partial charge in [0.2, 0.25) is 11.3 Å². The first-order valence-electron chi connectivity index (χ1n) is 7.19. The van der Waals surface area contributed by atoms with Crippen molar-refractivity contribution >= 4 is 0 Å². The number of nitrogens with zero attached hydrogens (tertiary/aromatic N) is 1. The van der Waals surface area contributed by atoms with Crippen molar-refractivity contribution < 1.29 is 18.3 Å². The standard InChI is InChI=1S/C17H15FN2O4/c1-22-16-8-19-13(6-14(16)21)9-23-10-17-20-7-15(24-17)11-3-2-4-12(18)5-11/h2-8H,9-10H2,1H3,(H,19,21). The maximum atomic E-state index is 13.2. The summed E-state index contributed by atoms with van der Waals surface area (Å²) in [7, 11) is 1.43. The largest absolute Gasteiger partial charge is 0.491 e. The molecule has 0 unspecified atom stereocenters. The van der Waals surface area contributed by atoms with Crippen molar-refractivity contribution in [2.45, 2.75) is 13.2 Å². The van der Waals surface area contributed by atoms with Crippen LogP contribution in [0.15, 0.2) is 51.9 Å². The topological polar surface area (TPSA) is 77.3 Å². The van der Waals surface area contributed by atoms with Gasteiger partial charge in [0.25, 0.3) is 0 Å². The predicted octanol–water partition coefficient (Wildman–Crippen LogP) is 2.89. The van der Waals surface area contributed by atoms with Gasteiger partial charge in [0.05, 0.1) is 19.9 Å². The number of hydrogen-bond donors (Lipinski definition) is 1. The molecule has 3 aromatic rings. The fourth-order valence-corrected chi connectivity index (χ4v) is 2.14. The summed E-state index contributed by atoms with van der Waals surface area (Å²) in [4.78, 5) is 18.6. The van der Waals surface area contributed by atoms with E-state index in [-0.39, 0.29) is 30.2 Å². The molecule has 7 heteroatoms. The predicted molar refractivity (Wildman–Crippen MR) is 84.0 cm³/mol. The van der Waals surface area contributed by atoms with E-state index in [0.717, 1.165) is 0 Å². The van der Waals surface area contributed by atoms with Gasteiger partial charge >= 0.3 is 0 Å². The Morgan fingerprint density at radius 1 is 1.29 bits per heavy atom. The maximum Gasteiger partial charge on any atom is 0.223 e. The fourth-order valence-electron chi connectivity index (χ4n) is 2.14. The summed E-state index contributed by atoms with van der Waals surface area (Å²) < 4.78 is 29.1. The smallest absolute Gasteiger partial charge is 0.223 e. The Morgan fingerprint density at radius 3 is 2.92 bits per heavy atom. The van der Waals surface area contributed by atoms with E-state index in [9.17, 15) is 9.18 Å². The average Bonchev–Trinajstić information content (AvgIpc) is 3.04. The van der Waals surface area contributed by atoms with E-state index in [1.54, 1.807) is 12.1 Å². The van der Waals surface area contributed by atoms with E-state index in [2.05, 4.69) is 9.97 Å². The summed E-state index contributed by atoms with van der Waals surface area (Å²) in [6.07, 6.45) is 3.00. The van der Waals surface area contributed by atoms with Crippen molar-refractivity contribution in [3.63, 3.8) is 0 Å². The second-order valence-electron chi connectivity index (χ2n) is 5.01. The van der Waals surface area contributed by atoms with Crippen molar-refractivity contribution in [2.75, 3.05) is 7.11 Å². The highest BCUT2D eigenvalue weighted by Crippen LogP contribution is 2.21. The lowest BCUT2D eigenvalue weighted by molar-refractivity contribution is 0.0876. The van der Waals surface area contributed by atoms with Gasteiger partial charge < -0.3 is 18.9 Å². The molecule has 1 aromatic carbocycles. The van der Waals surface area contributed by atoms with Gasteiger partial charge in [-0.05, 0) is 12.1 Å². The van der Waals surface area contributed by atoms with Crippen LogP contribution in [0.3, 0.4) is 0 Å². The van der Waals surface area contributed by atoms with Gasteiger partial charge in [-0.25, -0.2) is 9.37 Å². The molecule has 0 spiro atoms. The number of aromatic amines is 1. The number of aromatic nitrogens is 2. The van der Waals surface area contributed by atoms with Crippen molar-refractivity contribution in [3.8, 4) is 17.1 Å². The number of pyridine rings is 1. The highest BCUT2D eigenvalue weighted by atomic mass is 19.1. The van der Waals surface area contributed by atoms with Gasteiger partial charge in [0, 0.05) is 23.5 Å². The number of rotatable bonds is 6. The molecule has 0 radical (unpaired) electrons. The lowest BCUT2D eigenvalue weighted by Crippen LogP contribution is -2.08. The highest BCUT2D eigenvalue weighted by molar-refractivity contribution is 5.56. The third-order valence-corrected chi connectivity index (χ3v) is 3.30. The van der Waals surface area contributed by atoms with Gasteiger partial charge in [-0.2, -0.15) is 0 Å². The molecular formula is C17H15FN2O4. The summed E-state index contributed by atoms with van der Waals surface area (Å²) >= 11 is 0. The zero-order chi connectivity index (χ0) is 16.9. The van der Waals surface area contributed by atoms with E-state index in [0.29, 0.717) is 22.9 Å². The molecule has 0 aliphatic carbocycles. The number of ether oxygens (including phenoxy) is 2. The second-order valence-corrected chi connectivity index (χ2v) is 5.01. The minimum absolute atomic E-state index is 0.128. The van der Waals surface area contributed by atoms with Crippen LogP contribution in [0.5, 0.6) is 5.75 Å². The van der Waals surface area contributed by atoms with Crippen LogP contribution in [-0.2, 0) is 18.0 Å². The fraction of sp³-hybridized carbons (Fsp3) is 0.176. The Balaban J connectivity index is 1.60. The number of halogens is 1. The van der Waals surface area contributed by atoms with E-state index in [1.807, 2.05) is 0 Å². The SMILES string of the molecule is COc1c[nH]c(COCc2ncc(-c3cccc(F)c3)o2)cc1=O. The van der Waals surface area contributed by atoms with Crippen molar-refractivity contribution in [1.29, 1.82) is 0 Å². The molecule has 0 bridgehead atoms. The monoisotopic (exact) mass is 330 g/mol. The van der Waals surface area contributed by atoms with Gasteiger partial charge in [-0.1, -0.05) is 12.1 Å². The zero-order valence-electron chi connectivity index (χ0n) is 12.9. The van der Waals surface area contributed by atoms with E-state index in [4.69, 9.17) is 13.9 Å². The molecule has 0 saturated carbocycles. The van der Waals surface area contributed by atoms with Crippen LogP contribution in [0.25, 0.3) is 11.3 Å². The molecule has 24 heavy (non-hydrogen) atoms. The number of oxazole rings is 1. The first kappa shape index (κ1) is 15.9. The molecular weight excluding hydrogens is 315 g/mol. The van der Waals surface area contributed by atoms with Crippen LogP contribution >= 0.6 is 0 Å². The molecule has 0 saturated heterocycles. The van der Waals surface area contributed by atoms with Crippen molar-refractivity contribution in [2.24, 2.45) is 0 Å². The van der Waals surface area contributed by atoms with Gasteiger partial charge in [-0.15, -0.1) is 0 Å². The molecule has 3 rings (SSSR count). The molecule has 0 amide bonds. The number of benzene rings is 1. The normalized spacial score (nSPS) is 10.8. The minimum atomic E-state index is -0.342.